The molecule has 0 bridgehead atoms. The van der Waals surface area contributed by atoms with Gasteiger partial charge in [-0.3, -0.25) is 9.08 Å². The SMILES string of the molecule is CS(=O)(=O)OCc1cccc(OC[C@H]2CC[C@H]3CN(c4noc5ccccc45)CCN3C2)c1. The zero-order valence-electron chi connectivity index (χ0n) is 18.7. The van der Waals surface area contributed by atoms with Crippen molar-refractivity contribution in [3.8, 4) is 5.75 Å². The van der Waals surface area contributed by atoms with Gasteiger partial charge in [-0.1, -0.05) is 29.4 Å². The number of fused-ring (bicyclic) bond motifs is 2. The summed E-state index contributed by atoms with van der Waals surface area (Å²) < 4.78 is 38.9. The molecule has 9 heteroatoms. The van der Waals surface area contributed by atoms with E-state index in [9.17, 15) is 8.42 Å². The van der Waals surface area contributed by atoms with Gasteiger partial charge in [-0.15, -0.1) is 0 Å². The van der Waals surface area contributed by atoms with Gasteiger partial charge < -0.3 is 14.2 Å². The molecule has 0 saturated carbocycles. The van der Waals surface area contributed by atoms with Gasteiger partial charge in [0.1, 0.15) is 5.75 Å². The molecule has 3 aromatic rings. The summed E-state index contributed by atoms with van der Waals surface area (Å²) in [6.07, 6.45) is 3.30. The van der Waals surface area contributed by atoms with Crippen LogP contribution in [0.1, 0.15) is 18.4 Å². The summed E-state index contributed by atoms with van der Waals surface area (Å²) in [6, 6.07) is 16.0. The largest absolute Gasteiger partial charge is 0.493 e. The quantitative estimate of drug-likeness (QED) is 0.486. The highest BCUT2D eigenvalue weighted by Crippen LogP contribution is 2.31. The van der Waals surface area contributed by atoms with Crippen molar-refractivity contribution in [1.82, 2.24) is 10.1 Å². The highest BCUT2D eigenvalue weighted by Gasteiger charge is 2.34. The van der Waals surface area contributed by atoms with Crippen molar-refractivity contribution < 1.29 is 21.9 Å². The molecule has 0 amide bonds. The monoisotopic (exact) mass is 471 g/mol. The Labute approximate surface area is 194 Å². The number of para-hydroxylation sites is 1. The third-order valence-electron chi connectivity index (χ3n) is 6.49. The molecule has 0 unspecified atom stereocenters. The van der Waals surface area contributed by atoms with Gasteiger partial charge in [0.15, 0.2) is 11.4 Å². The summed E-state index contributed by atoms with van der Waals surface area (Å²) in [7, 11) is -3.46. The Morgan fingerprint density at radius 2 is 1.97 bits per heavy atom. The molecule has 8 nitrogen and oxygen atoms in total. The van der Waals surface area contributed by atoms with E-state index in [0.29, 0.717) is 18.6 Å². The molecular formula is C24H29N3O5S. The zero-order chi connectivity index (χ0) is 22.8. The molecule has 33 heavy (non-hydrogen) atoms. The number of ether oxygens (including phenoxy) is 1. The van der Waals surface area contributed by atoms with Gasteiger partial charge in [-0.2, -0.15) is 8.42 Å². The van der Waals surface area contributed by atoms with Gasteiger partial charge in [-0.25, -0.2) is 0 Å². The molecule has 0 radical (unpaired) electrons. The molecule has 0 spiro atoms. The average molecular weight is 472 g/mol. The number of aromatic nitrogens is 1. The Bertz CT molecular complexity index is 1210. The van der Waals surface area contributed by atoms with Crippen molar-refractivity contribution in [2.75, 3.05) is 43.9 Å². The molecule has 1 aromatic heterocycles. The molecule has 2 aliphatic heterocycles. The lowest BCUT2D eigenvalue weighted by Gasteiger charge is -2.46. The first kappa shape index (κ1) is 22.2. The minimum absolute atomic E-state index is 0.0201. The molecule has 2 atom stereocenters. The molecule has 2 fully saturated rings. The zero-order valence-corrected chi connectivity index (χ0v) is 19.5. The molecule has 0 N–H and O–H groups in total. The van der Waals surface area contributed by atoms with Gasteiger partial charge in [-0.05, 0) is 42.7 Å². The molecule has 3 heterocycles. The van der Waals surface area contributed by atoms with E-state index in [-0.39, 0.29) is 6.61 Å². The van der Waals surface area contributed by atoms with Gasteiger partial charge in [0, 0.05) is 38.1 Å². The number of benzene rings is 2. The number of anilines is 1. The lowest BCUT2D eigenvalue weighted by molar-refractivity contribution is 0.0726. The number of hydrogen-bond acceptors (Lipinski definition) is 8. The lowest BCUT2D eigenvalue weighted by atomic mass is 9.91. The minimum atomic E-state index is -3.46. The maximum absolute atomic E-state index is 11.2. The van der Waals surface area contributed by atoms with Crippen molar-refractivity contribution in [3.63, 3.8) is 0 Å². The molecule has 0 aliphatic carbocycles. The van der Waals surface area contributed by atoms with Crippen molar-refractivity contribution in [2.45, 2.75) is 25.5 Å². The highest BCUT2D eigenvalue weighted by molar-refractivity contribution is 7.85. The van der Waals surface area contributed by atoms with Gasteiger partial charge >= 0.3 is 0 Å². The van der Waals surface area contributed by atoms with Crippen LogP contribution in [0.3, 0.4) is 0 Å². The molecular weight excluding hydrogens is 442 g/mol. The Kier molecular flexibility index (Phi) is 6.27. The van der Waals surface area contributed by atoms with E-state index >= 15 is 0 Å². The lowest BCUT2D eigenvalue weighted by Crippen LogP contribution is -2.57. The fraction of sp³-hybridized carbons (Fsp3) is 0.458. The number of rotatable bonds is 7. The number of piperazine rings is 1. The van der Waals surface area contributed by atoms with E-state index in [1.807, 2.05) is 42.5 Å². The number of piperidine rings is 1. The number of hydrogen-bond donors (Lipinski definition) is 0. The number of nitrogens with zero attached hydrogens (tertiary/aromatic N) is 3. The van der Waals surface area contributed by atoms with E-state index in [1.165, 1.54) is 0 Å². The van der Waals surface area contributed by atoms with Crippen LogP contribution >= 0.6 is 0 Å². The van der Waals surface area contributed by atoms with Crippen LogP contribution in [-0.4, -0.2) is 63.6 Å². The van der Waals surface area contributed by atoms with Crippen LogP contribution in [-0.2, 0) is 20.9 Å². The normalized spacial score (nSPS) is 21.8. The first-order chi connectivity index (χ1) is 15.9. The Balaban J connectivity index is 1.14. The van der Waals surface area contributed by atoms with Crippen LogP contribution < -0.4 is 9.64 Å². The second-order valence-electron chi connectivity index (χ2n) is 8.97. The maximum atomic E-state index is 11.2. The molecule has 2 saturated heterocycles. The van der Waals surface area contributed by atoms with E-state index in [1.54, 1.807) is 0 Å². The van der Waals surface area contributed by atoms with Crippen LogP contribution in [0.5, 0.6) is 5.75 Å². The van der Waals surface area contributed by atoms with Crippen molar-refractivity contribution >= 4 is 26.9 Å². The summed E-state index contributed by atoms with van der Waals surface area (Å²) in [5, 5.41) is 5.42. The van der Waals surface area contributed by atoms with Crippen molar-refractivity contribution in [3.05, 3.63) is 54.1 Å². The van der Waals surface area contributed by atoms with E-state index < -0.39 is 10.1 Å². The van der Waals surface area contributed by atoms with Gasteiger partial charge in [0.25, 0.3) is 10.1 Å². The predicted octanol–water partition coefficient (Wildman–Crippen LogP) is 3.28. The smallest absolute Gasteiger partial charge is 0.264 e. The Hall–Kier alpha value is -2.62. The molecule has 5 rings (SSSR count). The second-order valence-corrected chi connectivity index (χ2v) is 10.6. The van der Waals surface area contributed by atoms with Gasteiger partial charge in [0.2, 0.25) is 0 Å². The minimum Gasteiger partial charge on any atom is -0.493 e. The second kappa shape index (κ2) is 9.32. The molecule has 2 aliphatic rings. The van der Waals surface area contributed by atoms with Crippen LogP contribution in [0, 0.1) is 5.92 Å². The van der Waals surface area contributed by atoms with E-state index in [0.717, 1.165) is 73.4 Å². The Morgan fingerprint density at radius 3 is 2.85 bits per heavy atom. The topological polar surface area (TPSA) is 85.1 Å². The van der Waals surface area contributed by atoms with E-state index in [4.69, 9.17) is 13.4 Å². The van der Waals surface area contributed by atoms with Crippen LogP contribution in [0.25, 0.3) is 11.0 Å². The molecule has 2 aromatic carbocycles. The predicted molar refractivity (Wildman–Crippen MR) is 126 cm³/mol. The standard InChI is InChI=1S/C24H29N3O5S/c1-33(28,29)31-17-18-5-4-6-21(13-18)30-16-19-9-10-20-15-27(12-11-26(20)14-19)24-22-7-2-3-8-23(22)32-25-24/h2-8,13,19-20H,9-12,14-17H2,1H3/t19-,20-/m0/s1. The summed E-state index contributed by atoms with van der Waals surface area (Å²) in [5.74, 6) is 2.17. The first-order valence-corrected chi connectivity index (χ1v) is 13.2. The first-order valence-electron chi connectivity index (χ1n) is 11.3. The van der Waals surface area contributed by atoms with Crippen LogP contribution in [0.4, 0.5) is 5.82 Å². The van der Waals surface area contributed by atoms with Crippen molar-refractivity contribution in [1.29, 1.82) is 0 Å². The van der Waals surface area contributed by atoms with Crippen LogP contribution in [0.2, 0.25) is 0 Å². The van der Waals surface area contributed by atoms with E-state index in [2.05, 4.69) is 21.0 Å². The van der Waals surface area contributed by atoms with Gasteiger partial charge in [0.05, 0.1) is 24.9 Å². The maximum Gasteiger partial charge on any atom is 0.264 e. The Morgan fingerprint density at radius 1 is 1.09 bits per heavy atom. The fourth-order valence-electron chi connectivity index (χ4n) is 4.80. The average Bonchev–Trinajstić information content (AvgIpc) is 3.25. The summed E-state index contributed by atoms with van der Waals surface area (Å²) in [5.41, 5.74) is 1.61. The summed E-state index contributed by atoms with van der Waals surface area (Å²) in [6.45, 7) is 4.59. The summed E-state index contributed by atoms with van der Waals surface area (Å²) in [4.78, 5) is 4.93. The third-order valence-corrected chi connectivity index (χ3v) is 7.03. The van der Waals surface area contributed by atoms with Crippen LogP contribution in [0.15, 0.2) is 53.1 Å². The van der Waals surface area contributed by atoms with Crippen molar-refractivity contribution in [2.24, 2.45) is 5.92 Å². The highest BCUT2D eigenvalue weighted by atomic mass is 32.2. The third kappa shape index (κ3) is 5.31. The molecule has 176 valence electrons. The summed E-state index contributed by atoms with van der Waals surface area (Å²) >= 11 is 0. The fourth-order valence-corrected chi connectivity index (χ4v) is 5.15.